The fourth-order valence-electron chi connectivity index (χ4n) is 2.30. The van der Waals surface area contributed by atoms with Crippen LogP contribution in [0.25, 0.3) is 0 Å². The van der Waals surface area contributed by atoms with Crippen LogP contribution in [0.3, 0.4) is 0 Å². The Bertz CT molecular complexity index is 467. The van der Waals surface area contributed by atoms with E-state index >= 15 is 0 Å². The molecule has 0 aliphatic carbocycles. The molecular formula is C11H19N3O2S. The highest BCUT2D eigenvalue weighted by molar-refractivity contribution is 7.91. The number of nitrogens with one attached hydrogen (secondary N) is 1. The van der Waals surface area contributed by atoms with Gasteiger partial charge < -0.3 is 5.32 Å². The largest absolute Gasteiger partial charge is 0.306 e. The third-order valence-electron chi connectivity index (χ3n) is 3.34. The molecule has 0 bridgehead atoms. The first-order valence-electron chi connectivity index (χ1n) is 5.92. The van der Waals surface area contributed by atoms with Crippen molar-refractivity contribution in [2.75, 3.05) is 11.5 Å². The molecule has 0 aromatic carbocycles. The van der Waals surface area contributed by atoms with E-state index in [1.165, 1.54) is 0 Å². The fraction of sp³-hybridized carbons (Fsp3) is 0.727. The van der Waals surface area contributed by atoms with Gasteiger partial charge in [-0.2, -0.15) is 5.10 Å². The molecule has 1 aliphatic rings. The van der Waals surface area contributed by atoms with Crippen LogP contribution in [0.1, 0.15) is 31.5 Å². The van der Waals surface area contributed by atoms with Crippen LogP contribution in [0, 0.1) is 0 Å². The predicted octanol–water partition coefficient (Wildman–Crippen LogP) is 0.648. The summed E-state index contributed by atoms with van der Waals surface area (Å²) in [5.41, 5.74) is 1.12. The van der Waals surface area contributed by atoms with Crippen LogP contribution in [-0.2, 0) is 16.9 Å². The van der Waals surface area contributed by atoms with Gasteiger partial charge in [-0.1, -0.05) is 0 Å². The lowest BCUT2D eigenvalue weighted by Gasteiger charge is -2.26. The monoisotopic (exact) mass is 257 g/mol. The van der Waals surface area contributed by atoms with Gasteiger partial charge in [-0.15, -0.1) is 0 Å². The summed E-state index contributed by atoms with van der Waals surface area (Å²) in [7, 11) is -0.855. The second-order valence-corrected chi connectivity index (χ2v) is 7.00. The molecule has 1 aromatic rings. The van der Waals surface area contributed by atoms with Crippen LogP contribution in [0.2, 0.25) is 0 Å². The smallest absolute Gasteiger partial charge is 0.150 e. The number of rotatable bonds is 3. The minimum atomic E-state index is -2.77. The maximum atomic E-state index is 11.3. The Hall–Kier alpha value is -0.880. The molecule has 0 radical (unpaired) electrons. The van der Waals surface area contributed by atoms with Crippen molar-refractivity contribution < 1.29 is 8.42 Å². The zero-order valence-corrected chi connectivity index (χ0v) is 11.1. The van der Waals surface area contributed by atoms with Gasteiger partial charge in [0.05, 0.1) is 17.2 Å². The summed E-state index contributed by atoms with van der Waals surface area (Å²) in [5, 5.41) is 7.61. The van der Waals surface area contributed by atoms with Gasteiger partial charge in [0.1, 0.15) is 9.84 Å². The van der Waals surface area contributed by atoms with Crippen molar-refractivity contribution in [3.8, 4) is 0 Å². The summed E-state index contributed by atoms with van der Waals surface area (Å²) in [4.78, 5) is 0. The van der Waals surface area contributed by atoms with E-state index in [0.717, 1.165) is 5.69 Å². The lowest BCUT2D eigenvalue weighted by atomic mass is 10.1. The summed E-state index contributed by atoms with van der Waals surface area (Å²) in [5.74, 6) is 0.617. The third kappa shape index (κ3) is 3.07. The molecule has 0 amide bonds. The number of hydrogen-bond donors (Lipinski definition) is 1. The SMILES string of the molecule is CC(NC1CCS(=O)(=O)CC1)c1ccnn1C. The van der Waals surface area contributed by atoms with Crippen LogP contribution in [0.15, 0.2) is 12.3 Å². The van der Waals surface area contributed by atoms with Crippen LogP contribution in [0.4, 0.5) is 0 Å². The zero-order valence-electron chi connectivity index (χ0n) is 10.3. The van der Waals surface area contributed by atoms with Crippen LogP contribution in [-0.4, -0.2) is 35.7 Å². The maximum Gasteiger partial charge on any atom is 0.150 e. The van der Waals surface area contributed by atoms with Gasteiger partial charge in [0.2, 0.25) is 0 Å². The highest BCUT2D eigenvalue weighted by Gasteiger charge is 2.25. The number of sulfone groups is 1. The molecule has 17 heavy (non-hydrogen) atoms. The molecule has 6 heteroatoms. The van der Waals surface area contributed by atoms with Crippen molar-refractivity contribution in [1.29, 1.82) is 0 Å². The molecule has 5 nitrogen and oxygen atoms in total. The normalized spacial score (nSPS) is 22.5. The second-order valence-electron chi connectivity index (χ2n) is 4.69. The Labute approximate surface area is 102 Å². The van der Waals surface area contributed by atoms with E-state index in [-0.39, 0.29) is 6.04 Å². The molecule has 1 N–H and O–H groups in total. The Balaban J connectivity index is 1.92. The topological polar surface area (TPSA) is 64.0 Å². The Morgan fingerprint density at radius 1 is 1.47 bits per heavy atom. The average Bonchev–Trinajstić information content (AvgIpc) is 2.68. The summed E-state index contributed by atoms with van der Waals surface area (Å²) < 4.78 is 24.5. The second kappa shape index (κ2) is 4.78. The highest BCUT2D eigenvalue weighted by Crippen LogP contribution is 2.17. The number of aromatic nitrogens is 2. The quantitative estimate of drug-likeness (QED) is 0.863. The van der Waals surface area contributed by atoms with Crippen molar-refractivity contribution in [1.82, 2.24) is 15.1 Å². The number of hydrogen-bond acceptors (Lipinski definition) is 4. The summed E-state index contributed by atoms with van der Waals surface area (Å²) in [6.07, 6.45) is 3.20. The van der Waals surface area contributed by atoms with Crippen molar-refractivity contribution in [2.45, 2.75) is 31.8 Å². The van der Waals surface area contributed by atoms with Gasteiger partial charge in [0.25, 0.3) is 0 Å². The minimum Gasteiger partial charge on any atom is -0.306 e. The first-order valence-corrected chi connectivity index (χ1v) is 7.74. The van der Waals surface area contributed by atoms with Crippen molar-refractivity contribution in [2.24, 2.45) is 7.05 Å². The molecule has 1 unspecified atom stereocenters. The first kappa shape index (κ1) is 12.6. The van der Waals surface area contributed by atoms with Crippen molar-refractivity contribution in [3.63, 3.8) is 0 Å². The van der Waals surface area contributed by atoms with Gasteiger partial charge in [-0.05, 0) is 25.8 Å². The summed E-state index contributed by atoms with van der Waals surface area (Å²) >= 11 is 0. The van der Waals surface area contributed by atoms with Crippen LogP contribution in [0.5, 0.6) is 0 Å². The van der Waals surface area contributed by atoms with E-state index in [1.54, 1.807) is 6.20 Å². The van der Waals surface area contributed by atoms with E-state index in [0.29, 0.717) is 30.4 Å². The number of aryl methyl sites for hydroxylation is 1. The molecule has 2 heterocycles. The first-order chi connectivity index (χ1) is 7.98. The number of nitrogens with zero attached hydrogens (tertiary/aromatic N) is 2. The summed E-state index contributed by atoms with van der Waals surface area (Å²) in [6.45, 7) is 2.08. The molecule has 96 valence electrons. The lowest BCUT2D eigenvalue weighted by molar-refractivity contribution is 0.407. The van der Waals surface area contributed by atoms with Gasteiger partial charge in [-0.3, -0.25) is 4.68 Å². The Morgan fingerprint density at radius 3 is 2.65 bits per heavy atom. The molecule has 0 spiro atoms. The third-order valence-corrected chi connectivity index (χ3v) is 5.06. The van der Waals surface area contributed by atoms with Gasteiger partial charge in [0, 0.05) is 25.3 Å². The van der Waals surface area contributed by atoms with Crippen molar-refractivity contribution >= 4 is 9.84 Å². The molecule has 0 saturated carbocycles. The minimum absolute atomic E-state index is 0.202. The molecule has 1 aliphatic heterocycles. The van der Waals surface area contributed by atoms with Crippen LogP contribution < -0.4 is 5.32 Å². The Morgan fingerprint density at radius 2 is 2.12 bits per heavy atom. The molecule has 1 aromatic heterocycles. The molecule has 1 fully saturated rings. The van der Waals surface area contributed by atoms with E-state index in [9.17, 15) is 8.42 Å². The van der Waals surface area contributed by atoms with E-state index in [4.69, 9.17) is 0 Å². The van der Waals surface area contributed by atoms with Crippen LogP contribution >= 0.6 is 0 Å². The fourth-order valence-corrected chi connectivity index (χ4v) is 3.80. The van der Waals surface area contributed by atoms with E-state index in [1.807, 2.05) is 17.8 Å². The average molecular weight is 257 g/mol. The molecular weight excluding hydrogens is 238 g/mol. The molecule has 2 rings (SSSR count). The predicted molar refractivity (Wildman–Crippen MR) is 66.4 cm³/mol. The maximum absolute atomic E-state index is 11.3. The van der Waals surface area contributed by atoms with E-state index in [2.05, 4.69) is 17.3 Å². The zero-order chi connectivity index (χ0) is 12.5. The Kier molecular flexibility index (Phi) is 3.53. The van der Waals surface area contributed by atoms with Crippen molar-refractivity contribution in [3.05, 3.63) is 18.0 Å². The summed E-state index contributed by atoms with van der Waals surface area (Å²) in [6, 6.07) is 2.48. The van der Waals surface area contributed by atoms with E-state index < -0.39 is 9.84 Å². The lowest BCUT2D eigenvalue weighted by Crippen LogP contribution is -2.39. The highest BCUT2D eigenvalue weighted by atomic mass is 32.2. The van der Waals surface area contributed by atoms with Gasteiger partial charge in [-0.25, -0.2) is 8.42 Å². The standard InChI is InChI=1S/C11H19N3O2S/c1-9(11-3-6-12-14(11)2)13-10-4-7-17(15,16)8-5-10/h3,6,9-10,13H,4-5,7-8H2,1-2H3. The molecule has 1 atom stereocenters. The van der Waals surface area contributed by atoms with Gasteiger partial charge in [0.15, 0.2) is 0 Å². The van der Waals surface area contributed by atoms with Gasteiger partial charge >= 0.3 is 0 Å². The molecule has 1 saturated heterocycles.